The van der Waals surface area contributed by atoms with Crippen LogP contribution in [0.3, 0.4) is 0 Å². The van der Waals surface area contributed by atoms with Crippen LogP contribution in [0.2, 0.25) is 0 Å². The molecule has 1 N–H and O–H groups in total. The maximum absolute atomic E-state index is 3.43. The van der Waals surface area contributed by atoms with E-state index >= 15 is 0 Å². The Balaban J connectivity index is 3.23. The number of nitrogens with one attached hydrogen (secondary N) is 1. The third-order valence-electron chi connectivity index (χ3n) is 2.36. The fourth-order valence-corrected chi connectivity index (χ4v) is 0.905. The molecule has 0 amide bonds. The molecule has 0 heterocycles. The number of hydrogen-bond donors (Lipinski definition) is 1. The van der Waals surface area contributed by atoms with Gasteiger partial charge in [-0.1, -0.05) is 34.1 Å². The second kappa shape index (κ2) is 5.59. The van der Waals surface area contributed by atoms with E-state index in [0.717, 1.165) is 0 Å². The van der Waals surface area contributed by atoms with Gasteiger partial charge in [0, 0.05) is 0 Å². The van der Waals surface area contributed by atoms with E-state index in [2.05, 4.69) is 33.0 Å². The zero-order chi connectivity index (χ0) is 8.74. The second-order valence-electron chi connectivity index (χ2n) is 4.02. The van der Waals surface area contributed by atoms with Gasteiger partial charge in [-0.05, 0) is 31.3 Å². The van der Waals surface area contributed by atoms with E-state index in [0.29, 0.717) is 5.41 Å². The van der Waals surface area contributed by atoms with Crippen molar-refractivity contribution in [1.29, 1.82) is 0 Å². The second-order valence-corrected chi connectivity index (χ2v) is 4.02. The van der Waals surface area contributed by atoms with Gasteiger partial charge in [-0.2, -0.15) is 0 Å². The maximum Gasteiger partial charge on any atom is -0.00438 e. The molecule has 0 saturated heterocycles. The van der Waals surface area contributed by atoms with Crippen LogP contribution < -0.4 is 5.32 Å². The fourth-order valence-electron chi connectivity index (χ4n) is 0.905. The summed E-state index contributed by atoms with van der Waals surface area (Å²) >= 11 is 0. The van der Waals surface area contributed by atoms with Crippen LogP contribution in [-0.4, -0.2) is 13.1 Å². The third kappa shape index (κ3) is 6.36. The quantitative estimate of drug-likeness (QED) is 0.585. The summed E-state index contributed by atoms with van der Waals surface area (Å²) in [5.41, 5.74) is 0.529. The summed E-state index contributed by atoms with van der Waals surface area (Å²) in [5.74, 6) is 0. The molecule has 1 nitrogen and oxygen atoms in total. The van der Waals surface area contributed by atoms with Crippen molar-refractivity contribution < 1.29 is 0 Å². The average molecular weight is 157 g/mol. The van der Waals surface area contributed by atoms with E-state index in [9.17, 15) is 0 Å². The third-order valence-corrected chi connectivity index (χ3v) is 2.36. The Hall–Kier alpha value is -0.0400. The average Bonchev–Trinajstić information content (AvgIpc) is 1.99. The van der Waals surface area contributed by atoms with E-state index in [1.807, 2.05) is 0 Å². The topological polar surface area (TPSA) is 12.0 Å². The standard InChI is InChI=1S/C10H23N/c1-5-8-11-9-7-10(3,4)6-2/h11H,5-9H2,1-4H3. The van der Waals surface area contributed by atoms with Crippen LogP contribution in [0.4, 0.5) is 0 Å². The Kier molecular flexibility index (Phi) is 5.57. The lowest BCUT2D eigenvalue weighted by Gasteiger charge is -2.22. The molecule has 0 bridgehead atoms. The first kappa shape index (κ1) is 11.0. The van der Waals surface area contributed by atoms with Gasteiger partial charge in [-0.25, -0.2) is 0 Å². The highest BCUT2D eigenvalue weighted by Crippen LogP contribution is 2.23. The Morgan fingerprint density at radius 2 is 1.73 bits per heavy atom. The minimum atomic E-state index is 0.529. The predicted molar refractivity (Wildman–Crippen MR) is 51.8 cm³/mol. The van der Waals surface area contributed by atoms with Crippen molar-refractivity contribution in [2.45, 2.75) is 47.0 Å². The fraction of sp³-hybridized carbons (Fsp3) is 1.00. The van der Waals surface area contributed by atoms with E-state index in [-0.39, 0.29) is 0 Å². The van der Waals surface area contributed by atoms with Crippen molar-refractivity contribution in [3.05, 3.63) is 0 Å². The molecular weight excluding hydrogens is 134 g/mol. The molecular formula is C10H23N. The van der Waals surface area contributed by atoms with Crippen molar-refractivity contribution in [2.75, 3.05) is 13.1 Å². The largest absolute Gasteiger partial charge is 0.317 e. The van der Waals surface area contributed by atoms with Crippen LogP contribution in [-0.2, 0) is 0 Å². The summed E-state index contributed by atoms with van der Waals surface area (Å²) in [6, 6.07) is 0. The monoisotopic (exact) mass is 157 g/mol. The Bertz CT molecular complexity index is 86.9. The minimum Gasteiger partial charge on any atom is -0.317 e. The van der Waals surface area contributed by atoms with Crippen molar-refractivity contribution in [1.82, 2.24) is 5.32 Å². The van der Waals surface area contributed by atoms with E-state index in [4.69, 9.17) is 0 Å². The van der Waals surface area contributed by atoms with Crippen molar-refractivity contribution in [2.24, 2.45) is 5.41 Å². The summed E-state index contributed by atoms with van der Waals surface area (Å²) in [7, 11) is 0. The SMILES string of the molecule is CCCNCCC(C)(C)CC. The van der Waals surface area contributed by atoms with Gasteiger partial charge in [0.15, 0.2) is 0 Å². The van der Waals surface area contributed by atoms with Gasteiger partial charge in [-0.15, -0.1) is 0 Å². The van der Waals surface area contributed by atoms with Crippen LogP contribution in [0.1, 0.15) is 47.0 Å². The summed E-state index contributed by atoms with van der Waals surface area (Å²) in [5, 5.41) is 3.43. The highest BCUT2D eigenvalue weighted by atomic mass is 14.8. The first-order valence-corrected chi connectivity index (χ1v) is 4.83. The molecule has 0 unspecified atom stereocenters. The summed E-state index contributed by atoms with van der Waals surface area (Å²) < 4.78 is 0. The molecule has 0 atom stereocenters. The van der Waals surface area contributed by atoms with Crippen LogP contribution in [0.25, 0.3) is 0 Å². The molecule has 11 heavy (non-hydrogen) atoms. The van der Waals surface area contributed by atoms with E-state index < -0.39 is 0 Å². The van der Waals surface area contributed by atoms with Crippen molar-refractivity contribution >= 4 is 0 Å². The van der Waals surface area contributed by atoms with Crippen molar-refractivity contribution in [3.8, 4) is 0 Å². The Labute approximate surface area is 71.6 Å². The van der Waals surface area contributed by atoms with Crippen LogP contribution in [0.5, 0.6) is 0 Å². The molecule has 0 fully saturated rings. The zero-order valence-corrected chi connectivity index (χ0v) is 8.54. The predicted octanol–water partition coefficient (Wildman–Crippen LogP) is 2.81. The highest BCUT2D eigenvalue weighted by Gasteiger charge is 2.13. The first-order chi connectivity index (χ1) is 5.12. The Morgan fingerprint density at radius 1 is 1.09 bits per heavy atom. The van der Waals surface area contributed by atoms with Gasteiger partial charge in [0.2, 0.25) is 0 Å². The zero-order valence-electron chi connectivity index (χ0n) is 8.54. The van der Waals surface area contributed by atoms with Crippen LogP contribution in [0.15, 0.2) is 0 Å². The summed E-state index contributed by atoms with van der Waals surface area (Å²) in [4.78, 5) is 0. The molecule has 1 heteroatoms. The molecule has 0 rings (SSSR count). The highest BCUT2D eigenvalue weighted by molar-refractivity contribution is 4.67. The normalized spacial score (nSPS) is 12.0. The molecule has 68 valence electrons. The lowest BCUT2D eigenvalue weighted by atomic mass is 9.87. The maximum atomic E-state index is 3.43. The summed E-state index contributed by atoms with van der Waals surface area (Å²) in [6.07, 6.45) is 3.82. The lowest BCUT2D eigenvalue weighted by molar-refractivity contribution is 0.316. The lowest BCUT2D eigenvalue weighted by Crippen LogP contribution is -2.22. The van der Waals surface area contributed by atoms with Crippen molar-refractivity contribution in [3.63, 3.8) is 0 Å². The van der Waals surface area contributed by atoms with Gasteiger partial charge in [0.05, 0.1) is 0 Å². The number of rotatable bonds is 6. The molecule has 0 radical (unpaired) electrons. The summed E-state index contributed by atoms with van der Waals surface area (Å²) in [6.45, 7) is 11.5. The molecule has 0 aromatic heterocycles. The minimum absolute atomic E-state index is 0.529. The molecule has 0 saturated carbocycles. The molecule has 0 aromatic carbocycles. The first-order valence-electron chi connectivity index (χ1n) is 4.83. The van der Waals surface area contributed by atoms with Gasteiger partial charge in [0.25, 0.3) is 0 Å². The van der Waals surface area contributed by atoms with Gasteiger partial charge >= 0.3 is 0 Å². The molecule has 0 aliphatic rings. The molecule has 0 spiro atoms. The van der Waals surface area contributed by atoms with Gasteiger partial charge in [-0.3, -0.25) is 0 Å². The van der Waals surface area contributed by atoms with Crippen LogP contribution in [0, 0.1) is 5.41 Å². The van der Waals surface area contributed by atoms with Gasteiger partial charge in [0.1, 0.15) is 0 Å². The molecule has 0 aromatic rings. The van der Waals surface area contributed by atoms with E-state index in [1.54, 1.807) is 0 Å². The Morgan fingerprint density at radius 3 is 2.18 bits per heavy atom. The van der Waals surface area contributed by atoms with Gasteiger partial charge < -0.3 is 5.32 Å². The van der Waals surface area contributed by atoms with E-state index in [1.165, 1.54) is 32.4 Å². The molecule has 0 aliphatic heterocycles. The molecule has 0 aliphatic carbocycles. The smallest absolute Gasteiger partial charge is 0.00438 e. The van der Waals surface area contributed by atoms with Crippen LogP contribution >= 0.6 is 0 Å². The number of hydrogen-bond acceptors (Lipinski definition) is 1.